The number of carbonyl (C=O) groups is 1. The van der Waals surface area contributed by atoms with Crippen molar-refractivity contribution in [2.75, 3.05) is 32.1 Å². The molecule has 23 heavy (non-hydrogen) atoms. The van der Waals surface area contributed by atoms with E-state index in [0.29, 0.717) is 18.9 Å². The molecule has 6 heteroatoms. The quantitative estimate of drug-likeness (QED) is 0.800. The molecule has 0 bridgehead atoms. The van der Waals surface area contributed by atoms with Gasteiger partial charge in [-0.2, -0.15) is 0 Å². The fourth-order valence-electron chi connectivity index (χ4n) is 2.47. The lowest BCUT2D eigenvalue weighted by Gasteiger charge is -2.17. The SMILES string of the molecule is CNCC(C)C(=O)Nc1ccc(C)cc1OCC1CCCO1.Cl. The molecule has 0 saturated carbocycles. The van der Waals surface area contributed by atoms with Crippen molar-refractivity contribution in [2.24, 2.45) is 5.92 Å². The molecule has 1 saturated heterocycles. The van der Waals surface area contributed by atoms with Gasteiger partial charge in [0.2, 0.25) is 5.91 Å². The minimum absolute atomic E-state index is 0. The number of rotatable bonds is 7. The molecule has 2 unspecified atom stereocenters. The Balaban J connectivity index is 0.00000264. The summed E-state index contributed by atoms with van der Waals surface area (Å²) in [6, 6.07) is 5.81. The fourth-order valence-corrected chi connectivity index (χ4v) is 2.47. The first kappa shape index (κ1) is 19.7. The number of hydrogen-bond acceptors (Lipinski definition) is 4. The van der Waals surface area contributed by atoms with E-state index in [1.807, 2.05) is 39.1 Å². The summed E-state index contributed by atoms with van der Waals surface area (Å²) in [5.41, 5.74) is 1.82. The van der Waals surface area contributed by atoms with E-state index in [0.717, 1.165) is 30.7 Å². The van der Waals surface area contributed by atoms with Crippen molar-refractivity contribution in [1.82, 2.24) is 5.32 Å². The first-order chi connectivity index (χ1) is 10.6. The highest BCUT2D eigenvalue weighted by atomic mass is 35.5. The van der Waals surface area contributed by atoms with Crippen LogP contribution in [0, 0.1) is 12.8 Å². The highest BCUT2D eigenvalue weighted by Crippen LogP contribution is 2.27. The molecule has 2 atom stereocenters. The van der Waals surface area contributed by atoms with Crippen LogP contribution in [-0.4, -0.2) is 38.8 Å². The van der Waals surface area contributed by atoms with Crippen LogP contribution in [0.15, 0.2) is 18.2 Å². The number of nitrogens with one attached hydrogen (secondary N) is 2. The van der Waals surface area contributed by atoms with Gasteiger partial charge >= 0.3 is 0 Å². The molecule has 1 fully saturated rings. The average molecular weight is 343 g/mol. The molecule has 5 nitrogen and oxygen atoms in total. The Kier molecular flexibility index (Phi) is 8.37. The minimum atomic E-state index is -0.0997. The predicted octanol–water partition coefficient (Wildman–Crippen LogP) is 2.77. The second-order valence-electron chi connectivity index (χ2n) is 5.89. The van der Waals surface area contributed by atoms with Gasteiger partial charge in [-0.15, -0.1) is 12.4 Å². The summed E-state index contributed by atoms with van der Waals surface area (Å²) in [4.78, 5) is 12.2. The molecule has 2 N–H and O–H groups in total. The number of carbonyl (C=O) groups excluding carboxylic acids is 1. The number of amides is 1. The van der Waals surface area contributed by atoms with Crippen molar-refractivity contribution in [1.29, 1.82) is 0 Å². The molecule has 1 aliphatic heterocycles. The van der Waals surface area contributed by atoms with Gasteiger partial charge in [0, 0.05) is 19.1 Å². The van der Waals surface area contributed by atoms with Gasteiger partial charge in [-0.05, 0) is 44.5 Å². The molecule has 1 aromatic rings. The predicted molar refractivity (Wildman–Crippen MR) is 94.6 cm³/mol. The van der Waals surface area contributed by atoms with Gasteiger partial charge in [-0.25, -0.2) is 0 Å². The van der Waals surface area contributed by atoms with Crippen LogP contribution in [0.25, 0.3) is 0 Å². The maximum absolute atomic E-state index is 12.2. The standard InChI is InChI=1S/C17H26N2O3.ClH/c1-12-6-7-15(19-17(20)13(2)10-18-3)16(9-12)22-11-14-5-4-8-21-14;/h6-7,9,13-14,18H,4-5,8,10-11H2,1-3H3,(H,19,20);1H. The molecule has 130 valence electrons. The lowest BCUT2D eigenvalue weighted by Crippen LogP contribution is -2.29. The summed E-state index contributed by atoms with van der Waals surface area (Å²) in [6.07, 6.45) is 2.28. The van der Waals surface area contributed by atoms with E-state index in [4.69, 9.17) is 9.47 Å². The second-order valence-corrected chi connectivity index (χ2v) is 5.89. The van der Waals surface area contributed by atoms with Crippen molar-refractivity contribution in [2.45, 2.75) is 32.8 Å². The Bertz CT molecular complexity index is 505. The summed E-state index contributed by atoms with van der Waals surface area (Å²) >= 11 is 0. The molecule has 2 rings (SSSR count). The van der Waals surface area contributed by atoms with Crippen LogP contribution in [-0.2, 0) is 9.53 Å². The number of halogens is 1. The van der Waals surface area contributed by atoms with Crippen molar-refractivity contribution in [3.05, 3.63) is 23.8 Å². The summed E-state index contributed by atoms with van der Waals surface area (Å²) in [7, 11) is 1.84. The Morgan fingerprint density at radius 3 is 2.91 bits per heavy atom. The van der Waals surface area contributed by atoms with Crippen molar-refractivity contribution >= 4 is 24.0 Å². The van der Waals surface area contributed by atoms with Crippen molar-refractivity contribution in [3.63, 3.8) is 0 Å². The zero-order valence-corrected chi connectivity index (χ0v) is 14.9. The van der Waals surface area contributed by atoms with E-state index < -0.39 is 0 Å². The third kappa shape index (κ3) is 6.01. The molecule has 0 spiro atoms. The van der Waals surface area contributed by atoms with E-state index in [9.17, 15) is 4.79 Å². The Morgan fingerprint density at radius 2 is 2.26 bits per heavy atom. The van der Waals surface area contributed by atoms with Crippen LogP contribution in [0.4, 0.5) is 5.69 Å². The third-order valence-corrected chi connectivity index (χ3v) is 3.80. The second kappa shape index (κ2) is 9.75. The minimum Gasteiger partial charge on any atom is -0.489 e. The zero-order chi connectivity index (χ0) is 15.9. The van der Waals surface area contributed by atoms with Gasteiger partial charge in [0.1, 0.15) is 12.4 Å². The topological polar surface area (TPSA) is 59.6 Å². The summed E-state index contributed by atoms with van der Waals surface area (Å²) in [5, 5.41) is 5.96. The summed E-state index contributed by atoms with van der Waals surface area (Å²) in [6.45, 7) is 5.89. The molecule has 1 heterocycles. The highest BCUT2D eigenvalue weighted by molar-refractivity contribution is 5.93. The lowest BCUT2D eigenvalue weighted by molar-refractivity contribution is -0.119. The van der Waals surface area contributed by atoms with Crippen LogP contribution in [0.5, 0.6) is 5.75 Å². The maximum Gasteiger partial charge on any atom is 0.228 e. The van der Waals surface area contributed by atoms with Crippen molar-refractivity contribution < 1.29 is 14.3 Å². The smallest absolute Gasteiger partial charge is 0.228 e. The van der Waals surface area contributed by atoms with Gasteiger partial charge < -0.3 is 20.1 Å². The number of benzene rings is 1. The number of anilines is 1. The van der Waals surface area contributed by atoms with Crippen LogP contribution >= 0.6 is 12.4 Å². The number of ether oxygens (including phenoxy) is 2. The fraction of sp³-hybridized carbons (Fsp3) is 0.588. The Morgan fingerprint density at radius 1 is 1.48 bits per heavy atom. The van der Waals surface area contributed by atoms with Crippen LogP contribution in [0.2, 0.25) is 0 Å². The van der Waals surface area contributed by atoms with Gasteiger partial charge in [0.05, 0.1) is 11.8 Å². The summed E-state index contributed by atoms with van der Waals surface area (Å²) in [5.74, 6) is 0.595. The first-order valence-electron chi connectivity index (χ1n) is 7.90. The molecule has 1 amide bonds. The lowest BCUT2D eigenvalue weighted by atomic mass is 10.1. The molecule has 1 aromatic carbocycles. The van der Waals surface area contributed by atoms with E-state index in [1.165, 1.54) is 0 Å². The van der Waals surface area contributed by atoms with E-state index >= 15 is 0 Å². The third-order valence-electron chi connectivity index (χ3n) is 3.80. The highest BCUT2D eigenvalue weighted by Gasteiger charge is 2.18. The largest absolute Gasteiger partial charge is 0.489 e. The maximum atomic E-state index is 12.2. The molecule has 1 aliphatic rings. The van der Waals surface area contributed by atoms with Gasteiger partial charge in [-0.1, -0.05) is 13.0 Å². The van der Waals surface area contributed by atoms with Crippen LogP contribution in [0.1, 0.15) is 25.3 Å². The van der Waals surface area contributed by atoms with Crippen LogP contribution in [0.3, 0.4) is 0 Å². The monoisotopic (exact) mass is 342 g/mol. The van der Waals surface area contributed by atoms with Gasteiger partial charge in [0.15, 0.2) is 0 Å². The van der Waals surface area contributed by atoms with Gasteiger partial charge in [-0.3, -0.25) is 4.79 Å². The summed E-state index contributed by atoms with van der Waals surface area (Å²) < 4.78 is 11.5. The molecule has 0 radical (unpaired) electrons. The van der Waals surface area contributed by atoms with E-state index in [-0.39, 0.29) is 30.3 Å². The average Bonchev–Trinajstić information content (AvgIpc) is 3.01. The normalized spacial score (nSPS) is 18.1. The molecular weight excluding hydrogens is 316 g/mol. The van der Waals surface area contributed by atoms with Crippen molar-refractivity contribution in [3.8, 4) is 5.75 Å². The molecular formula is C17H27ClN2O3. The zero-order valence-electron chi connectivity index (χ0n) is 14.1. The Hall–Kier alpha value is -1.30. The van der Waals surface area contributed by atoms with Gasteiger partial charge in [0.25, 0.3) is 0 Å². The van der Waals surface area contributed by atoms with Crippen LogP contribution < -0.4 is 15.4 Å². The van der Waals surface area contributed by atoms with E-state index in [2.05, 4.69) is 10.6 Å². The molecule has 0 aromatic heterocycles. The Labute approximate surface area is 144 Å². The molecule has 0 aliphatic carbocycles. The van der Waals surface area contributed by atoms with E-state index in [1.54, 1.807) is 0 Å². The first-order valence-corrected chi connectivity index (χ1v) is 7.90. The number of hydrogen-bond donors (Lipinski definition) is 2. The number of aryl methyl sites for hydroxylation is 1.